The van der Waals surface area contributed by atoms with Crippen LogP contribution in [0.2, 0.25) is 0 Å². The fourth-order valence-electron chi connectivity index (χ4n) is 4.57. The minimum Gasteiger partial charge on any atom is -0.318 e. The maximum Gasteiger partial charge on any atom is 0.260 e. The highest BCUT2D eigenvalue weighted by Gasteiger charge is 2.30. The number of nitrogens with one attached hydrogen (secondary N) is 1. The van der Waals surface area contributed by atoms with Gasteiger partial charge in [0.15, 0.2) is 0 Å². The van der Waals surface area contributed by atoms with Gasteiger partial charge in [-0.3, -0.25) is 14.5 Å². The Morgan fingerprint density at radius 2 is 1.76 bits per heavy atom. The fourth-order valence-corrected chi connectivity index (χ4v) is 4.57. The van der Waals surface area contributed by atoms with E-state index in [1.807, 2.05) is 56.3 Å². The van der Waals surface area contributed by atoms with Crippen LogP contribution in [0.15, 0.2) is 71.8 Å². The number of aromatic nitrogens is 1. The summed E-state index contributed by atoms with van der Waals surface area (Å²) in [6.45, 7) is 6.05. The summed E-state index contributed by atoms with van der Waals surface area (Å²) < 4.78 is 2.16. The van der Waals surface area contributed by atoms with E-state index in [2.05, 4.69) is 40.2 Å². The van der Waals surface area contributed by atoms with Crippen molar-refractivity contribution >= 4 is 34.5 Å². The van der Waals surface area contributed by atoms with Crippen LogP contribution in [0.1, 0.15) is 32.9 Å². The Kier molecular flexibility index (Phi) is 5.05. The third-order valence-electron chi connectivity index (χ3n) is 6.07. The lowest BCUT2D eigenvalue weighted by Gasteiger charge is -2.16. The molecule has 6 heteroatoms. The number of amides is 2. The second-order valence-electron chi connectivity index (χ2n) is 8.37. The summed E-state index contributed by atoms with van der Waals surface area (Å²) in [7, 11) is 0. The minimum atomic E-state index is -0.350. The number of benzene rings is 3. The largest absolute Gasteiger partial charge is 0.318 e. The zero-order chi connectivity index (χ0) is 23.1. The average Bonchev–Trinajstić information content (AvgIpc) is 3.23. The van der Waals surface area contributed by atoms with Gasteiger partial charge in [-0.1, -0.05) is 36.4 Å². The van der Waals surface area contributed by atoms with Crippen molar-refractivity contribution in [3.8, 4) is 5.69 Å². The van der Waals surface area contributed by atoms with E-state index in [1.165, 1.54) is 10.5 Å². The van der Waals surface area contributed by atoms with Crippen molar-refractivity contribution in [1.29, 1.82) is 0 Å². The van der Waals surface area contributed by atoms with Gasteiger partial charge in [-0.05, 0) is 62.1 Å². The number of hydrogen-bond acceptors (Lipinski definition) is 3. The molecule has 1 aliphatic heterocycles. The molecule has 6 nitrogen and oxygen atoms in total. The molecule has 0 saturated heterocycles. The zero-order valence-corrected chi connectivity index (χ0v) is 18.8. The molecule has 0 bridgehead atoms. The molecule has 1 aromatic heterocycles. The molecular formula is C27H24N4O2. The highest BCUT2D eigenvalue weighted by Crippen LogP contribution is 2.36. The molecule has 0 fully saturated rings. The second kappa shape index (κ2) is 8.06. The first-order chi connectivity index (χ1) is 15.9. The molecule has 0 spiro atoms. The minimum absolute atomic E-state index is 0.0910. The first kappa shape index (κ1) is 20.7. The van der Waals surface area contributed by atoms with E-state index in [0.29, 0.717) is 5.56 Å². The maximum atomic E-state index is 12.9. The molecule has 1 aliphatic rings. The van der Waals surface area contributed by atoms with E-state index >= 15 is 0 Å². The molecule has 0 unspecified atom stereocenters. The monoisotopic (exact) mass is 436 g/mol. The average molecular weight is 437 g/mol. The smallest absolute Gasteiger partial charge is 0.260 e. The maximum absolute atomic E-state index is 12.9. The molecule has 0 aliphatic carbocycles. The molecule has 0 saturated carbocycles. The van der Waals surface area contributed by atoms with Crippen LogP contribution >= 0.6 is 0 Å². The van der Waals surface area contributed by atoms with Gasteiger partial charge >= 0.3 is 0 Å². The number of anilines is 1. The summed E-state index contributed by atoms with van der Waals surface area (Å²) >= 11 is 0. The highest BCUT2D eigenvalue weighted by atomic mass is 16.2. The van der Waals surface area contributed by atoms with Crippen LogP contribution in [0.4, 0.5) is 5.69 Å². The van der Waals surface area contributed by atoms with Crippen molar-refractivity contribution in [2.24, 2.45) is 5.10 Å². The predicted octanol–water partition coefficient (Wildman–Crippen LogP) is 4.67. The van der Waals surface area contributed by atoms with Gasteiger partial charge in [-0.2, -0.15) is 5.10 Å². The summed E-state index contributed by atoms with van der Waals surface area (Å²) in [6, 6.07) is 21.7. The lowest BCUT2D eigenvalue weighted by Crippen LogP contribution is -2.37. The van der Waals surface area contributed by atoms with Crippen molar-refractivity contribution in [3.05, 3.63) is 94.8 Å². The Labute approximate surface area is 192 Å². The van der Waals surface area contributed by atoms with E-state index in [0.717, 1.165) is 39.1 Å². The number of hydrazone groups is 1. The van der Waals surface area contributed by atoms with Crippen LogP contribution in [0.25, 0.3) is 16.5 Å². The van der Waals surface area contributed by atoms with E-state index in [9.17, 15) is 9.59 Å². The van der Waals surface area contributed by atoms with E-state index in [-0.39, 0.29) is 18.4 Å². The van der Waals surface area contributed by atoms with Crippen LogP contribution < -0.4 is 10.3 Å². The molecule has 0 radical (unpaired) electrons. The SMILES string of the molecule is Cc1cccc(-n2c(C)cc(/C=N/NC(=O)CN3C(=O)c4cccc5cccc3c45)c2C)c1. The summed E-state index contributed by atoms with van der Waals surface area (Å²) in [5, 5.41) is 6.04. The molecule has 2 heterocycles. The van der Waals surface area contributed by atoms with Crippen LogP contribution in [-0.4, -0.2) is 29.1 Å². The van der Waals surface area contributed by atoms with Crippen LogP contribution in [0.3, 0.4) is 0 Å². The topological polar surface area (TPSA) is 66.7 Å². The summed E-state index contributed by atoms with van der Waals surface area (Å²) in [5.74, 6) is -0.514. The zero-order valence-electron chi connectivity index (χ0n) is 18.8. The molecule has 3 aromatic carbocycles. The third kappa shape index (κ3) is 3.59. The van der Waals surface area contributed by atoms with E-state index in [1.54, 1.807) is 12.3 Å². The Morgan fingerprint density at radius 1 is 1.00 bits per heavy atom. The molecule has 0 atom stereocenters. The normalized spacial score (nSPS) is 12.8. The first-order valence-electron chi connectivity index (χ1n) is 10.9. The van der Waals surface area contributed by atoms with Crippen LogP contribution in [-0.2, 0) is 4.79 Å². The number of aryl methyl sites for hydroxylation is 2. The molecule has 1 N–H and O–H groups in total. The molecule has 4 aromatic rings. The molecule has 33 heavy (non-hydrogen) atoms. The molecular weight excluding hydrogens is 412 g/mol. The Hall–Kier alpha value is -4.19. The van der Waals surface area contributed by atoms with Crippen LogP contribution in [0.5, 0.6) is 0 Å². The van der Waals surface area contributed by atoms with Crippen molar-refractivity contribution < 1.29 is 9.59 Å². The summed E-state index contributed by atoms with van der Waals surface area (Å²) in [5.41, 5.74) is 9.28. The quantitative estimate of drug-likeness (QED) is 0.365. The van der Waals surface area contributed by atoms with Gasteiger partial charge in [0.05, 0.1) is 11.9 Å². The number of hydrogen-bond donors (Lipinski definition) is 1. The molecule has 164 valence electrons. The van der Waals surface area contributed by atoms with Gasteiger partial charge in [0, 0.05) is 33.6 Å². The van der Waals surface area contributed by atoms with Gasteiger partial charge in [-0.25, -0.2) is 5.43 Å². The second-order valence-corrected chi connectivity index (χ2v) is 8.37. The van der Waals surface area contributed by atoms with Crippen molar-refractivity contribution in [3.63, 3.8) is 0 Å². The van der Waals surface area contributed by atoms with Gasteiger partial charge in [0.25, 0.3) is 11.8 Å². The molecule has 2 amide bonds. The standard InChI is InChI=1S/C27H24N4O2/c1-17-7-4-10-22(13-17)31-18(2)14-21(19(31)3)15-28-29-25(32)16-30-24-12-6-9-20-8-5-11-23(26(20)24)27(30)33/h4-15H,16H2,1-3H3,(H,29,32)/b28-15+. The Bertz CT molecular complexity index is 1440. The van der Waals surface area contributed by atoms with Crippen molar-refractivity contribution in [1.82, 2.24) is 9.99 Å². The third-order valence-corrected chi connectivity index (χ3v) is 6.07. The van der Waals surface area contributed by atoms with Crippen molar-refractivity contribution in [2.45, 2.75) is 20.8 Å². The Morgan fingerprint density at radius 3 is 2.55 bits per heavy atom. The van der Waals surface area contributed by atoms with Crippen LogP contribution in [0, 0.1) is 20.8 Å². The van der Waals surface area contributed by atoms with Crippen molar-refractivity contribution in [2.75, 3.05) is 11.4 Å². The highest BCUT2D eigenvalue weighted by molar-refractivity contribution is 6.26. The fraction of sp³-hybridized carbons (Fsp3) is 0.148. The number of carbonyl (C=O) groups is 2. The van der Waals surface area contributed by atoms with Gasteiger partial charge in [0.1, 0.15) is 6.54 Å². The Balaban J connectivity index is 1.31. The number of rotatable bonds is 5. The predicted molar refractivity (Wildman–Crippen MR) is 131 cm³/mol. The summed E-state index contributed by atoms with van der Waals surface area (Å²) in [6.07, 6.45) is 1.65. The summed E-state index contributed by atoms with van der Waals surface area (Å²) in [4.78, 5) is 27.0. The number of carbonyl (C=O) groups excluding carboxylic acids is 2. The van der Waals surface area contributed by atoms with Gasteiger partial charge < -0.3 is 4.57 Å². The van der Waals surface area contributed by atoms with Gasteiger partial charge in [0.2, 0.25) is 0 Å². The first-order valence-corrected chi connectivity index (χ1v) is 10.9. The lowest BCUT2D eigenvalue weighted by molar-refractivity contribution is -0.119. The molecule has 5 rings (SSSR count). The number of nitrogens with zero attached hydrogens (tertiary/aromatic N) is 3. The van der Waals surface area contributed by atoms with E-state index in [4.69, 9.17) is 0 Å². The van der Waals surface area contributed by atoms with E-state index < -0.39 is 0 Å². The van der Waals surface area contributed by atoms with Gasteiger partial charge in [-0.15, -0.1) is 0 Å². The lowest BCUT2D eigenvalue weighted by atomic mass is 10.1.